The lowest BCUT2D eigenvalue weighted by Crippen LogP contribution is -3.13. The number of halogens is 3. The Balaban J connectivity index is 1.68. The zero-order chi connectivity index (χ0) is 18.0. The maximum absolute atomic E-state index is 13.3. The first-order valence-corrected chi connectivity index (χ1v) is 10.1. The van der Waals surface area contributed by atoms with Gasteiger partial charge in [0.2, 0.25) is 10.0 Å². The maximum atomic E-state index is 13.3. The zero-order valence-electron chi connectivity index (χ0n) is 13.4. The lowest BCUT2D eigenvalue weighted by molar-refractivity contribution is -0.917. The normalized spacial score (nSPS) is 16.9. The molecule has 0 amide bonds. The van der Waals surface area contributed by atoms with Crippen LogP contribution in [0.4, 0.5) is 4.39 Å². The van der Waals surface area contributed by atoms with Crippen molar-refractivity contribution in [1.82, 2.24) is 4.31 Å². The third kappa shape index (κ3) is 4.15. The summed E-state index contributed by atoms with van der Waals surface area (Å²) < 4.78 is 40.3. The molecule has 0 saturated carbocycles. The minimum absolute atomic E-state index is 0.0373. The van der Waals surface area contributed by atoms with E-state index in [-0.39, 0.29) is 20.8 Å². The van der Waals surface area contributed by atoms with Crippen molar-refractivity contribution in [2.45, 2.75) is 11.4 Å². The van der Waals surface area contributed by atoms with Crippen molar-refractivity contribution < 1.29 is 17.7 Å². The lowest BCUT2D eigenvalue weighted by atomic mass is 10.2. The molecular weight excluding hydrogens is 386 g/mol. The molecule has 1 aliphatic heterocycles. The molecule has 0 atom stereocenters. The van der Waals surface area contributed by atoms with Gasteiger partial charge in [0.15, 0.2) is 0 Å². The van der Waals surface area contributed by atoms with Gasteiger partial charge in [-0.2, -0.15) is 4.31 Å². The van der Waals surface area contributed by atoms with E-state index in [9.17, 15) is 12.8 Å². The van der Waals surface area contributed by atoms with Crippen LogP contribution in [0.2, 0.25) is 10.0 Å². The summed E-state index contributed by atoms with van der Waals surface area (Å²) in [6.07, 6.45) is 0. The van der Waals surface area contributed by atoms with Crippen LogP contribution in [0, 0.1) is 5.82 Å². The number of hydrogen-bond acceptors (Lipinski definition) is 2. The summed E-state index contributed by atoms with van der Waals surface area (Å²) in [5, 5.41) is 0.275. The highest BCUT2D eigenvalue weighted by atomic mass is 35.5. The van der Waals surface area contributed by atoms with Gasteiger partial charge in [-0.3, -0.25) is 0 Å². The fraction of sp³-hybridized carbons (Fsp3) is 0.294. The van der Waals surface area contributed by atoms with Crippen molar-refractivity contribution >= 4 is 33.2 Å². The van der Waals surface area contributed by atoms with Crippen LogP contribution in [-0.2, 0) is 16.6 Å². The van der Waals surface area contributed by atoms with E-state index in [0.29, 0.717) is 32.7 Å². The van der Waals surface area contributed by atoms with Crippen LogP contribution in [0.25, 0.3) is 0 Å². The second kappa shape index (κ2) is 7.60. The SMILES string of the molecule is O=S(=O)(c1cccc(Cl)c1Cl)N1CC[NH+](Cc2cccc(F)c2)CC1. The first kappa shape index (κ1) is 18.6. The number of benzene rings is 2. The highest BCUT2D eigenvalue weighted by molar-refractivity contribution is 7.89. The highest BCUT2D eigenvalue weighted by Crippen LogP contribution is 2.30. The predicted octanol–water partition coefficient (Wildman–Crippen LogP) is 2.22. The summed E-state index contributed by atoms with van der Waals surface area (Å²) in [7, 11) is -3.67. The quantitative estimate of drug-likeness (QED) is 0.850. The van der Waals surface area contributed by atoms with Gasteiger partial charge >= 0.3 is 0 Å². The molecule has 2 aromatic rings. The summed E-state index contributed by atoms with van der Waals surface area (Å²) in [5.74, 6) is -0.256. The Labute approximate surface area is 156 Å². The summed E-state index contributed by atoms with van der Waals surface area (Å²) in [5.41, 5.74) is 0.907. The molecule has 8 heteroatoms. The molecule has 4 nitrogen and oxygen atoms in total. The molecule has 25 heavy (non-hydrogen) atoms. The zero-order valence-corrected chi connectivity index (χ0v) is 15.7. The van der Waals surface area contributed by atoms with Gasteiger partial charge in [-0.25, -0.2) is 12.8 Å². The molecule has 134 valence electrons. The van der Waals surface area contributed by atoms with Crippen LogP contribution in [0.3, 0.4) is 0 Å². The van der Waals surface area contributed by atoms with Crippen molar-refractivity contribution in [2.75, 3.05) is 26.2 Å². The van der Waals surface area contributed by atoms with Crippen molar-refractivity contribution in [3.05, 3.63) is 63.9 Å². The van der Waals surface area contributed by atoms with E-state index in [1.165, 1.54) is 27.4 Å². The Morgan fingerprint density at radius 1 is 1.08 bits per heavy atom. The number of nitrogens with one attached hydrogen (secondary N) is 1. The van der Waals surface area contributed by atoms with Gasteiger partial charge in [-0.05, 0) is 24.3 Å². The first-order chi connectivity index (χ1) is 11.9. The highest BCUT2D eigenvalue weighted by Gasteiger charge is 2.32. The van der Waals surface area contributed by atoms with Gasteiger partial charge < -0.3 is 4.90 Å². The third-order valence-electron chi connectivity index (χ3n) is 4.31. The van der Waals surface area contributed by atoms with E-state index >= 15 is 0 Å². The average Bonchev–Trinajstić information content (AvgIpc) is 2.58. The number of rotatable bonds is 4. The molecule has 0 aromatic heterocycles. The molecule has 1 N–H and O–H groups in total. The summed E-state index contributed by atoms with van der Waals surface area (Å²) in [6.45, 7) is 2.73. The molecule has 1 saturated heterocycles. The Morgan fingerprint density at radius 2 is 1.76 bits per heavy atom. The van der Waals surface area contributed by atoms with Crippen molar-refractivity contribution in [3.8, 4) is 0 Å². The minimum atomic E-state index is -3.67. The van der Waals surface area contributed by atoms with E-state index in [0.717, 1.165) is 5.56 Å². The smallest absolute Gasteiger partial charge is 0.245 e. The standard InChI is InChI=1S/C17H17Cl2FN2O2S/c18-15-5-2-6-16(17(15)19)25(23,24)22-9-7-21(8-10-22)12-13-3-1-4-14(20)11-13/h1-6,11H,7-10,12H2/p+1. The molecule has 1 aliphatic rings. The number of quaternary nitrogens is 1. The van der Waals surface area contributed by atoms with Crippen molar-refractivity contribution in [3.63, 3.8) is 0 Å². The van der Waals surface area contributed by atoms with Gasteiger partial charge in [-0.15, -0.1) is 0 Å². The second-order valence-electron chi connectivity index (χ2n) is 6.01. The molecule has 0 radical (unpaired) electrons. The van der Waals surface area contributed by atoms with E-state index in [1.54, 1.807) is 18.2 Å². The Kier molecular flexibility index (Phi) is 5.65. The van der Waals surface area contributed by atoms with Crippen LogP contribution >= 0.6 is 23.2 Å². The van der Waals surface area contributed by atoms with Gasteiger partial charge in [-0.1, -0.05) is 41.4 Å². The van der Waals surface area contributed by atoms with E-state index in [2.05, 4.69) is 0 Å². The Morgan fingerprint density at radius 3 is 2.44 bits per heavy atom. The predicted molar refractivity (Wildman–Crippen MR) is 96.0 cm³/mol. The number of piperazine rings is 1. The largest absolute Gasteiger partial charge is 0.329 e. The van der Waals surface area contributed by atoms with Crippen LogP contribution < -0.4 is 4.90 Å². The Bertz CT molecular complexity index is 869. The van der Waals surface area contributed by atoms with Crippen molar-refractivity contribution in [1.29, 1.82) is 0 Å². The molecule has 0 spiro atoms. The van der Waals surface area contributed by atoms with Gasteiger partial charge in [0, 0.05) is 5.56 Å². The van der Waals surface area contributed by atoms with E-state index < -0.39 is 10.0 Å². The molecular formula is C17H18Cl2FN2O2S+. The lowest BCUT2D eigenvalue weighted by Gasteiger charge is -2.31. The summed E-state index contributed by atoms with van der Waals surface area (Å²) >= 11 is 12.0. The molecule has 0 aliphatic carbocycles. The molecule has 0 bridgehead atoms. The Hall–Kier alpha value is -1.18. The third-order valence-corrected chi connectivity index (χ3v) is 7.18. The topological polar surface area (TPSA) is 41.8 Å². The molecule has 1 fully saturated rings. The van der Waals surface area contributed by atoms with Gasteiger partial charge in [0.1, 0.15) is 17.3 Å². The monoisotopic (exact) mass is 403 g/mol. The molecule has 0 unspecified atom stereocenters. The van der Waals surface area contributed by atoms with E-state index in [1.807, 2.05) is 6.07 Å². The van der Waals surface area contributed by atoms with Gasteiger partial charge in [0.25, 0.3) is 0 Å². The molecule has 3 rings (SSSR count). The average molecular weight is 404 g/mol. The second-order valence-corrected chi connectivity index (χ2v) is 8.70. The minimum Gasteiger partial charge on any atom is -0.329 e. The molecule has 1 heterocycles. The maximum Gasteiger partial charge on any atom is 0.245 e. The first-order valence-electron chi connectivity index (χ1n) is 7.90. The van der Waals surface area contributed by atoms with Crippen LogP contribution in [0.5, 0.6) is 0 Å². The summed E-state index contributed by atoms with van der Waals surface area (Å²) in [6, 6.07) is 11.1. The number of nitrogens with zero attached hydrogens (tertiary/aromatic N) is 1. The van der Waals surface area contributed by atoms with Crippen LogP contribution in [0.15, 0.2) is 47.4 Å². The van der Waals surface area contributed by atoms with Crippen LogP contribution in [-0.4, -0.2) is 38.9 Å². The summed E-state index contributed by atoms with van der Waals surface area (Å²) in [4.78, 5) is 1.25. The number of sulfonamides is 1. The van der Waals surface area contributed by atoms with Gasteiger partial charge in [0.05, 0.1) is 36.2 Å². The number of hydrogen-bond donors (Lipinski definition) is 1. The van der Waals surface area contributed by atoms with Crippen LogP contribution in [0.1, 0.15) is 5.56 Å². The fourth-order valence-corrected chi connectivity index (χ4v) is 5.15. The van der Waals surface area contributed by atoms with Crippen molar-refractivity contribution in [2.24, 2.45) is 0 Å². The molecule has 2 aromatic carbocycles. The van der Waals surface area contributed by atoms with E-state index in [4.69, 9.17) is 23.2 Å². The fourth-order valence-electron chi connectivity index (χ4n) is 2.98.